The highest BCUT2D eigenvalue weighted by atomic mass is 79.9. The molecule has 1 saturated carbocycles. The summed E-state index contributed by atoms with van der Waals surface area (Å²) in [6.07, 6.45) is 0.220. The molecule has 3 rings (SSSR count). The number of carboxylic acids is 1. The van der Waals surface area contributed by atoms with Crippen LogP contribution in [0.3, 0.4) is 0 Å². The van der Waals surface area contributed by atoms with Crippen molar-refractivity contribution in [1.29, 1.82) is 10.8 Å². The fraction of sp³-hybridized carbons (Fsp3) is 0.486. The zero-order valence-electron chi connectivity index (χ0n) is 29.0. The van der Waals surface area contributed by atoms with E-state index < -0.39 is 42.0 Å². The van der Waals surface area contributed by atoms with Crippen LogP contribution in [0, 0.1) is 16.7 Å². The second kappa shape index (κ2) is 21.0. The molecule has 3 unspecified atom stereocenters. The number of nitrogens with two attached hydrogens (primary N) is 2. The lowest BCUT2D eigenvalue weighted by Crippen LogP contribution is -2.56. The first-order valence-corrected chi connectivity index (χ1v) is 17.6. The molecule has 0 bridgehead atoms. The van der Waals surface area contributed by atoms with Crippen LogP contribution in [0.25, 0.3) is 0 Å². The van der Waals surface area contributed by atoms with E-state index in [1.807, 2.05) is 36.4 Å². The Morgan fingerprint density at radius 1 is 0.981 bits per heavy atom. The predicted octanol–water partition coefficient (Wildman–Crippen LogP) is 4.46. The van der Waals surface area contributed by atoms with Gasteiger partial charge in [-0.1, -0.05) is 71.6 Å². The highest BCUT2D eigenvalue weighted by Gasteiger charge is 2.38. The van der Waals surface area contributed by atoms with Crippen LogP contribution in [-0.2, 0) is 30.3 Å². The fourth-order valence-electron chi connectivity index (χ4n) is 5.61. The Hall–Kier alpha value is -4.67. The summed E-state index contributed by atoms with van der Waals surface area (Å²) in [6.45, 7) is 3.85. The Morgan fingerprint density at radius 3 is 2.12 bits per heavy atom. The maximum atomic E-state index is 14.1. The van der Waals surface area contributed by atoms with Crippen LogP contribution in [0.1, 0.15) is 81.4 Å². The van der Waals surface area contributed by atoms with Gasteiger partial charge in [0.25, 0.3) is 0 Å². The van der Waals surface area contributed by atoms with Crippen molar-refractivity contribution in [1.82, 2.24) is 16.0 Å². The van der Waals surface area contributed by atoms with Gasteiger partial charge in [0.2, 0.25) is 11.8 Å². The van der Waals surface area contributed by atoms with Crippen molar-refractivity contribution in [3.63, 3.8) is 0 Å². The molecule has 17 heteroatoms. The molecular formula is C35H47BrF3N7O6. The maximum Gasteiger partial charge on any atom is 0.490 e. The van der Waals surface area contributed by atoms with Gasteiger partial charge in [-0.3, -0.25) is 20.4 Å². The Morgan fingerprint density at radius 2 is 1.60 bits per heavy atom. The highest BCUT2D eigenvalue weighted by Crippen LogP contribution is 2.29. The van der Waals surface area contributed by atoms with Gasteiger partial charge in [0.15, 0.2) is 5.96 Å². The summed E-state index contributed by atoms with van der Waals surface area (Å²) in [5, 5.41) is 30.9. The number of nitrogens with one attached hydrogen (secondary N) is 5. The number of aliphatic carboxylic acids is 1. The van der Waals surface area contributed by atoms with E-state index >= 15 is 0 Å². The third-order valence-electron chi connectivity index (χ3n) is 8.15. The Balaban J connectivity index is 0.00000121. The number of alkyl halides is 3. The number of amidine groups is 1. The quantitative estimate of drug-likeness (QED) is 0.0549. The van der Waals surface area contributed by atoms with Gasteiger partial charge in [-0.25, -0.2) is 9.59 Å². The van der Waals surface area contributed by atoms with Crippen molar-refractivity contribution in [3.8, 4) is 0 Å². The van der Waals surface area contributed by atoms with Crippen LogP contribution in [0.4, 0.5) is 13.2 Å². The molecule has 1 fully saturated rings. The normalized spacial score (nSPS) is 14.8. The minimum atomic E-state index is -5.08. The largest absolute Gasteiger partial charge is 0.490 e. The molecule has 0 saturated heterocycles. The summed E-state index contributed by atoms with van der Waals surface area (Å²) in [4.78, 5) is 50.0. The van der Waals surface area contributed by atoms with Gasteiger partial charge in [0.1, 0.15) is 17.9 Å². The molecule has 52 heavy (non-hydrogen) atoms. The van der Waals surface area contributed by atoms with Crippen molar-refractivity contribution >= 4 is 51.5 Å². The van der Waals surface area contributed by atoms with Crippen LogP contribution in [0.2, 0.25) is 0 Å². The van der Waals surface area contributed by atoms with E-state index in [0.29, 0.717) is 24.9 Å². The van der Waals surface area contributed by atoms with E-state index in [4.69, 9.17) is 36.9 Å². The molecule has 0 spiro atoms. The van der Waals surface area contributed by atoms with Crippen LogP contribution >= 0.6 is 15.9 Å². The molecule has 0 radical (unpaired) electrons. The van der Waals surface area contributed by atoms with Gasteiger partial charge in [-0.15, -0.1) is 0 Å². The van der Waals surface area contributed by atoms with Crippen molar-refractivity contribution < 1.29 is 42.2 Å². The van der Waals surface area contributed by atoms with Gasteiger partial charge in [-0.05, 0) is 75.1 Å². The molecule has 0 heterocycles. The highest BCUT2D eigenvalue weighted by molar-refractivity contribution is 9.10. The van der Waals surface area contributed by atoms with E-state index in [0.717, 1.165) is 47.7 Å². The van der Waals surface area contributed by atoms with Crippen molar-refractivity contribution in [3.05, 3.63) is 69.7 Å². The number of nitrogen functional groups attached to an aromatic ring is 1. The summed E-state index contributed by atoms with van der Waals surface area (Å²) in [6, 6.07) is 13.0. The fourth-order valence-corrected chi connectivity index (χ4v) is 6.03. The molecule has 2 aromatic rings. The van der Waals surface area contributed by atoms with Crippen molar-refractivity contribution in [2.24, 2.45) is 17.4 Å². The number of esters is 1. The lowest BCUT2D eigenvalue weighted by atomic mass is 9.82. The number of benzene rings is 2. The monoisotopic (exact) mass is 797 g/mol. The van der Waals surface area contributed by atoms with E-state index in [2.05, 4.69) is 31.9 Å². The zero-order chi connectivity index (χ0) is 39.0. The second-order valence-corrected chi connectivity index (χ2v) is 13.6. The smallest absolute Gasteiger partial charge is 0.475 e. The second-order valence-electron chi connectivity index (χ2n) is 12.6. The van der Waals surface area contributed by atoms with Crippen molar-refractivity contribution in [2.75, 3.05) is 6.54 Å². The lowest BCUT2D eigenvalue weighted by molar-refractivity contribution is -0.192. The predicted molar refractivity (Wildman–Crippen MR) is 193 cm³/mol. The molecule has 2 aromatic carbocycles. The minimum Gasteiger partial charge on any atom is -0.475 e. The average Bonchev–Trinajstić information content (AvgIpc) is 3.07. The maximum absolute atomic E-state index is 14.1. The summed E-state index contributed by atoms with van der Waals surface area (Å²) < 4.78 is 38.0. The van der Waals surface area contributed by atoms with E-state index in [-0.39, 0.29) is 36.1 Å². The summed E-state index contributed by atoms with van der Waals surface area (Å²) in [5.74, 6) is -4.90. The Bertz CT molecular complexity index is 1540. The Kier molecular flexibility index (Phi) is 17.6. The van der Waals surface area contributed by atoms with E-state index in [9.17, 15) is 27.6 Å². The molecule has 10 N–H and O–H groups in total. The molecule has 1 aliphatic carbocycles. The molecule has 13 nitrogen and oxygen atoms in total. The van der Waals surface area contributed by atoms with Gasteiger partial charge >= 0.3 is 18.1 Å². The summed E-state index contributed by atoms with van der Waals surface area (Å²) in [7, 11) is 0. The van der Waals surface area contributed by atoms with E-state index in [1.165, 1.54) is 0 Å². The van der Waals surface area contributed by atoms with Gasteiger partial charge in [-0.2, -0.15) is 13.2 Å². The summed E-state index contributed by atoms with van der Waals surface area (Å²) >= 11 is 3.52. The van der Waals surface area contributed by atoms with Crippen LogP contribution in [0.15, 0.2) is 53.0 Å². The summed E-state index contributed by atoms with van der Waals surface area (Å²) in [5.41, 5.74) is 13.3. The number of amides is 2. The third kappa shape index (κ3) is 15.3. The van der Waals surface area contributed by atoms with Gasteiger partial charge in [0.05, 0.1) is 12.0 Å². The van der Waals surface area contributed by atoms with Crippen LogP contribution < -0.4 is 27.4 Å². The van der Waals surface area contributed by atoms with E-state index in [1.54, 1.807) is 26.0 Å². The standard InChI is InChI=1S/C33H46BrN7O4.C2HF3O2/c1-20(2)45-32(44)27(12-7-17-39-33(37)38)40-31(43)28(22-8-4-3-5-9-22)41-30(42)26(24-10-6-11-25(34)19-24)18-21-13-15-23(16-14-21)29(35)36;3-2(4,5)1(6)7/h6,10-11,13-16,19-20,22,26-28H,3-5,7-9,12,17-18H2,1-2H3,(H3,35,36)(H,40,43)(H,41,42)(H4,37,38,39);(H,6,7). The van der Waals surface area contributed by atoms with Crippen LogP contribution in [-0.4, -0.2) is 71.6 Å². The first-order valence-electron chi connectivity index (χ1n) is 16.8. The molecule has 0 aliphatic heterocycles. The number of ether oxygens (including phenoxy) is 1. The molecule has 3 atom stereocenters. The van der Waals surface area contributed by atoms with Gasteiger partial charge in [0, 0.05) is 16.6 Å². The third-order valence-corrected chi connectivity index (χ3v) is 8.65. The topological polar surface area (TPSA) is 234 Å². The Labute approximate surface area is 309 Å². The molecule has 2 amide bonds. The number of hydrogen-bond donors (Lipinski definition) is 8. The number of halogens is 4. The molecule has 1 aliphatic rings. The number of carboxylic acid groups (broad SMARTS) is 1. The average molecular weight is 799 g/mol. The van der Waals surface area contributed by atoms with Crippen molar-refractivity contribution in [2.45, 2.75) is 95.5 Å². The minimum absolute atomic E-state index is 0.0325. The molecule has 0 aromatic heterocycles. The zero-order valence-corrected chi connectivity index (χ0v) is 30.6. The first-order chi connectivity index (χ1) is 24.4. The first kappa shape index (κ1) is 43.5. The number of guanidine groups is 1. The number of carbonyl (C=O) groups excluding carboxylic acids is 3. The molecular weight excluding hydrogens is 751 g/mol. The van der Waals surface area contributed by atoms with Crippen LogP contribution in [0.5, 0.6) is 0 Å². The number of rotatable bonds is 15. The lowest BCUT2D eigenvalue weighted by Gasteiger charge is -2.32. The molecule has 286 valence electrons. The van der Waals surface area contributed by atoms with Gasteiger partial charge < -0.3 is 37.3 Å². The SMILES string of the molecule is CC(C)OC(=O)C(CCCNC(=N)N)NC(=O)C(NC(=O)C(Cc1ccc(C(=N)N)cc1)c1cccc(Br)c1)C1CCCCC1.O=C(O)C(F)(F)F. The number of hydrogen-bond acceptors (Lipinski definition) is 7. The number of carbonyl (C=O) groups is 4.